The van der Waals surface area contributed by atoms with E-state index in [2.05, 4.69) is 444 Å². The Hall–Kier alpha value is -13.8. The number of nitrogens with zero attached hydrogens (tertiary/aromatic N) is 4. The van der Waals surface area contributed by atoms with Gasteiger partial charge in [0.2, 0.25) is 0 Å². The Kier molecular flexibility index (Phi) is 16.6. The third kappa shape index (κ3) is 12.1. The highest BCUT2D eigenvalue weighted by molar-refractivity contribution is 6.09. The van der Waals surface area contributed by atoms with Crippen molar-refractivity contribution in [3.8, 4) is 55.6 Å². The van der Waals surface area contributed by atoms with Crippen LogP contribution in [0, 0.1) is 0 Å². The second-order valence-corrected chi connectivity index (χ2v) is 26.4. The molecule has 0 aromatic heterocycles. The molecule has 4 heteroatoms. The molecule has 0 spiro atoms. The highest BCUT2D eigenvalue weighted by Crippen LogP contribution is 2.49. The maximum absolute atomic E-state index is 2.44. The zero-order chi connectivity index (χ0) is 69.1. The van der Waals surface area contributed by atoms with E-state index >= 15 is 0 Å². The molecule has 0 radical (unpaired) electrons. The summed E-state index contributed by atoms with van der Waals surface area (Å²) in [7, 11) is 0. The van der Waals surface area contributed by atoms with E-state index in [0.717, 1.165) is 118 Å². The van der Waals surface area contributed by atoms with E-state index < -0.39 is 0 Å². The van der Waals surface area contributed by atoms with Crippen molar-refractivity contribution >= 4 is 111 Å². The zero-order valence-corrected chi connectivity index (χ0v) is 57.2. The lowest BCUT2D eigenvalue weighted by Gasteiger charge is -2.30. The van der Waals surface area contributed by atoms with Crippen molar-refractivity contribution in [2.45, 2.75) is 0 Å². The first-order valence-corrected chi connectivity index (χ1v) is 35.6. The number of para-hydroxylation sites is 2. The number of fused-ring (bicyclic) bond motifs is 4. The molecule has 104 heavy (non-hydrogen) atoms. The molecule has 0 amide bonds. The number of rotatable bonds is 17. The molecule has 0 N–H and O–H groups in total. The van der Waals surface area contributed by atoms with Gasteiger partial charge in [-0.3, -0.25) is 0 Å². The third-order valence-electron chi connectivity index (χ3n) is 20.2. The van der Waals surface area contributed by atoms with Gasteiger partial charge in [-0.25, -0.2) is 0 Å². The summed E-state index contributed by atoms with van der Waals surface area (Å²) in [5, 5.41) is 9.41. The molecule has 0 bridgehead atoms. The molecular formula is C100H70N4. The van der Waals surface area contributed by atoms with Gasteiger partial charge in [0.1, 0.15) is 0 Å². The van der Waals surface area contributed by atoms with Crippen LogP contribution in [0.1, 0.15) is 0 Å². The minimum Gasteiger partial charge on any atom is -0.310 e. The van der Waals surface area contributed by atoms with E-state index in [9.17, 15) is 0 Å². The van der Waals surface area contributed by atoms with Crippen LogP contribution in [0.5, 0.6) is 0 Å². The fourth-order valence-electron chi connectivity index (χ4n) is 15.1. The van der Waals surface area contributed by atoms with Gasteiger partial charge in [-0.05, 0) is 193 Å². The van der Waals surface area contributed by atoms with Crippen LogP contribution in [0.3, 0.4) is 0 Å². The monoisotopic (exact) mass is 1330 g/mol. The van der Waals surface area contributed by atoms with Crippen molar-refractivity contribution in [2.24, 2.45) is 0 Å². The molecule has 0 aliphatic heterocycles. The average Bonchev–Trinajstić information content (AvgIpc) is 0.757. The van der Waals surface area contributed by atoms with Crippen molar-refractivity contribution in [1.29, 1.82) is 0 Å². The Balaban J connectivity index is 0.690. The molecule has 0 heterocycles. The normalized spacial score (nSPS) is 11.3. The van der Waals surface area contributed by atoms with E-state index in [0.29, 0.717) is 0 Å². The van der Waals surface area contributed by atoms with Crippen LogP contribution in [-0.4, -0.2) is 0 Å². The molecule has 18 rings (SSSR count). The molecule has 0 atom stereocenters. The molecule has 0 saturated carbocycles. The maximum Gasteiger partial charge on any atom is 0.0618 e. The number of benzene rings is 18. The van der Waals surface area contributed by atoms with Gasteiger partial charge >= 0.3 is 0 Å². The van der Waals surface area contributed by atoms with Crippen molar-refractivity contribution < 1.29 is 0 Å². The molecule has 18 aromatic carbocycles. The summed E-state index contributed by atoms with van der Waals surface area (Å²) in [5.74, 6) is 0. The predicted molar refractivity (Wildman–Crippen MR) is 442 cm³/mol. The van der Waals surface area contributed by atoms with Gasteiger partial charge in [-0.15, -0.1) is 0 Å². The second kappa shape index (κ2) is 27.7. The lowest BCUT2D eigenvalue weighted by Crippen LogP contribution is -2.12. The average molecular weight is 1330 g/mol. The van der Waals surface area contributed by atoms with Gasteiger partial charge in [0, 0.05) is 72.6 Å². The first kappa shape index (κ1) is 62.5. The molecule has 0 aliphatic carbocycles. The Labute approximate surface area is 607 Å². The first-order valence-electron chi connectivity index (χ1n) is 35.6. The standard InChI is InChI=1S/C100H70N4/c1-5-22-71(23-6-1)73-42-56-87(57-43-73)102(98-40-20-30-80-27-14-17-37-93(80)98)88-62-48-75(49-63-88)76-50-64-90(65-51-76)103(89-58-44-74(45-59-89)72-24-7-2-8-25-72)99-41-21-31-82-70-83(55-68-94(82)99)96-69-54-81-28-15-18-38-95(81)100(96)104(85-34-11-4-12-35-85)91-66-52-78(53-67-91)77-46-60-86(61-47-77)101(84-32-9-3-10-33-84)97-39-19-29-79-26-13-16-36-92(79)97/h1-70H. The maximum atomic E-state index is 2.44. The van der Waals surface area contributed by atoms with Crippen LogP contribution in [0.15, 0.2) is 425 Å². The summed E-state index contributed by atoms with van der Waals surface area (Å²) >= 11 is 0. The Morgan fingerprint density at radius 3 is 0.760 bits per heavy atom. The van der Waals surface area contributed by atoms with Crippen molar-refractivity contribution in [3.63, 3.8) is 0 Å². The van der Waals surface area contributed by atoms with E-state index in [4.69, 9.17) is 0 Å². The third-order valence-corrected chi connectivity index (χ3v) is 20.2. The van der Waals surface area contributed by atoms with Crippen molar-refractivity contribution in [1.82, 2.24) is 0 Å². The van der Waals surface area contributed by atoms with Gasteiger partial charge in [-0.1, -0.05) is 303 Å². The summed E-state index contributed by atoms with van der Waals surface area (Å²) in [5.41, 5.74) is 24.6. The highest BCUT2D eigenvalue weighted by Gasteiger charge is 2.24. The van der Waals surface area contributed by atoms with Gasteiger partial charge in [0.25, 0.3) is 0 Å². The summed E-state index contributed by atoms with van der Waals surface area (Å²) in [6, 6.07) is 154. The predicted octanol–water partition coefficient (Wildman–Crippen LogP) is 28.5. The summed E-state index contributed by atoms with van der Waals surface area (Å²) in [6.07, 6.45) is 0. The largest absolute Gasteiger partial charge is 0.310 e. The van der Waals surface area contributed by atoms with Crippen molar-refractivity contribution in [3.05, 3.63) is 425 Å². The minimum absolute atomic E-state index is 1.06. The molecule has 490 valence electrons. The second-order valence-electron chi connectivity index (χ2n) is 26.4. The number of hydrogen-bond acceptors (Lipinski definition) is 4. The van der Waals surface area contributed by atoms with E-state index in [1.165, 1.54) is 49.2 Å². The molecular weight excluding hydrogens is 1260 g/mol. The van der Waals surface area contributed by atoms with Gasteiger partial charge < -0.3 is 19.6 Å². The van der Waals surface area contributed by atoms with E-state index in [1.807, 2.05) is 0 Å². The van der Waals surface area contributed by atoms with Crippen LogP contribution < -0.4 is 19.6 Å². The van der Waals surface area contributed by atoms with Crippen LogP contribution in [0.4, 0.5) is 68.2 Å². The lowest BCUT2D eigenvalue weighted by atomic mass is 9.94. The Morgan fingerprint density at radius 2 is 0.385 bits per heavy atom. The molecule has 4 nitrogen and oxygen atoms in total. The van der Waals surface area contributed by atoms with Gasteiger partial charge in [-0.2, -0.15) is 0 Å². The van der Waals surface area contributed by atoms with Gasteiger partial charge in [0.15, 0.2) is 0 Å². The van der Waals surface area contributed by atoms with E-state index in [-0.39, 0.29) is 0 Å². The zero-order valence-electron chi connectivity index (χ0n) is 57.2. The summed E-state index contributed by atoms with van der Waals surface area (Å²) in [6.45, 7) is 0. The van der Waals surface area contributed by atoms with Crippen molar-refractivity contribution in [2.75, 3.05) is 19.6 Å². The van der Waals surface area contributed by atoms with E-state index in [1.54, 1.807) is 0 Å². The summed E-state index contributed by atoms with van der Waals surface area (Å²) in [4.78, 5) is 9.60. The molecule has 0 aliphatic rings. The SMILES string of the molecule is c1ccc(-c2ccc(N(c3ccc(-c4ccc(N(c5ccc(-c6ccccc6)cc5)c5cccc6cc(-c7ccc8ccccc8c7N(c7ccccc7)c7ccc(-c8ccc(N(c9ccccc9)c9cccc%10ccccc9%10)cc8)cc7)ccc56)cc4)cc3)c3cccc4ccccc34)cc2)cc1. The fourth-order valence-corrected chi connectivity index (χ4v) is 15.1. The quantitative estimate of drug-likeness (QED) is 0.0901. The molecule has 0 saturated heterocycles. The Bertz CT molecular complexity index is 6040. The van der Waals surface area contributed by atoms with Gasteiger partial charge in [0.05, 0.1) is 22.7 Å². The lowest BCUT2D eigenvalue weighted by molar-refractivity contribution is 1.29. The van der Waals surface area contributed by atoms with Crippen LogP contribution in [0.25, 0.3) is 98.7 Å². The number of anilines is 12. The first-order chi connectivity index (χ1) is 51.6. The minimum atomic E-state index is 1.06. The van der Waals surface area contributed by atoms with Crippen LogP contribution >= 0.6 is 0 Å². The Morgan fingerprint density at radius 1 is 0.135 bits per heavy atom. The van der Waals surface area contributed by atoms with Crippen LogP contribution in [-0.2, 0) is 0 Å². The fraction of sp³-hybridized carbons (Fsp3) is 0. The molecule has 0 fully saturated rings. The number of hydrogen-bond donors (Lipinski definition) is 0. The highest BCUT2D eigenvalue weighted by atomic mass is 15.2. The molecule has 0 unspecified atom stereocenters. The topological polar surface area (TPSA) is 13.0 Å². The van der Waals surface area contributed by atoms with Crippen LogP contribution in [0.2, 0.25) is 0 Å². The smallest absolute Gasteiger partial charge is 0.0618 e. The summed E-state index contributed by atoms with van der Waals surface area (Å²) < 4.78 is 0. The molecule has 18 aromatic rings.